The Kier molecular flexibility index (Phi) is 5.56. The van der Waals surface area contributed by atoms with Crippen molar-refractivity contribution in [3.8, 4) is 0 Å². The summed E-state index contributed by atoms with van der Waals surface area (Å²) < 4.78 is 0. The predicted molar refractivity (Wildman–Crippen MR) is 103 cm³/mol. The van der Waals surface area contributed by atoms with Crippen LogP contribution in [0.15, 0.2) is 47.3 Å². The molecule has 1 unspecified atom stereocenters. The van der Waals surface area contributed by atoms with E-state index in [-0.39, 0.29) is 18.0 Å². The number of nitrogens with zero attached hydrogens (tertiary/aromatic N) is 1. The molecule has 0 radical (unpaired) electrons. The molecule has 0 spiro atoms. The van der Waals surface area contributed by atoms with Gasteiger partial charge in [-0.25, -0.2) is 4.98 Å². The molecule has 0 fully saturated rings. The third kappa shape index (κ3) is 4.40. The van der Waals surface area contributed by atoms with E-state index in [1.165, 1.54) is 0 Å². The van der Waals surface area contributed by atoms with E-state index in [1.54, 1.807) is 42.5 Å². The zero-order valence-corrected chi connectivity index (χ0v) is 15.5. The molecule has 0 bridgehead atoms. The van der Waals surface area contributed by atoms with Gasteiger partial charge in [0, 0.05) is 5.02 Å². The second-order valence-electron chi connectivity index (χ2n) is 6.01. The predicted octanol–water partition coefficient (Wildman–Crippen LogP) is 1.88. The van der Waals surface area contributed by atoms with Crippen molar-refractivity contribution in [2.75, 3.05) is 18.9 Å². The summed E-state index contributed by atoms with van der Waals surface area (Å²) in [6.45, 7) is 0.580. The highest BCUT2D eigenvalue weighted by Gasteiger charge is 2.14. The standard InChI is InChI=1S/C18H16Cl2N4O2/c1-24(10-17(25)22-14-5-3-2-4-13(14)20)9-16-21-15-8-11(19)6-7-12(15)18(26)23-16/h2-8H,9-10H2,1H3,(H,22,25)(H,21,23,26)/p+1. The fourth-order valence-corrected chi connectivity index (χ4v) is 2.97. The highest BCUT2D eigenvalue weighted by atomic mass is 35.5. The Balaban J connectivity index is 1.69. The van der Waals surface area contributed by atoms with Gasteiger partial charge >= 0.3 is 0 Å². The van der Waals surface area contributed by atoms with E-state index in [2.05, 4.69) is 15.3 Å². The Morgan fingerprint density at radius 3 is 2.77 bits per heavy atom. The van der Waals surface area contributed by atoms with Gasteiger partial charge in [-0.3, -0.25) is 9.59 Å². The van der Waals surface area contributed by atoms with Crippen LogP contribution < -0.4 is 15.8 Å². The second kappa shape index (κ2) is 7.86. The van der Waals surface area contributed by atoms with Gasteiger partial charge in [0.25, 0.3) is 11.5 Å². The minimum Gasteiger partial charge on any atom is -0.323 e. The molecule has 1 amide bonds. The lowest BCUT2D eigenvalue weighted by Gasteiger charge is -2.14. The maximum atomic E-state index is 12.2. The number of hydrogen-bond donors (Lipinski definition) is 3. The fourth-order valence-electron chi connectivity index (χ4n) is 2.62. The van der Waals surface area contributed by atoms with Crippen LogP contribution in [0, 0.1) is 0 Å². The smallest absolute Gasteiger partial charge is 0.279 e. The number of hydrogen-bond acceptors (Lipinski definition) is 3. The summed E-state index contributed by atoms with van der Waals surface area (Å²) in [6.07, 6.45) is 0. The first-order valence-electron chi connectivity index (χ1n) is 7.96. The van der Waals surface area contributed by atoms with E-state index in [4.69, 9.17) is 23.2 Å². The number of amides is 1. The Morgan fingerprint density at radius 1 is 1.23 bits per heavy atom. The molecular formula is C18H17Cl2N4O2+. The van der Waals surface area contributed by atoms with Crippen molar-refractivity contribution < 1.29 is 9.69 Å². The van der Waals surface area contributed by atoms with E-state index in [9.17, 15) is 9.59 Å². The lowest BCUT2D eigenvalue weighted by molar-refractivity contribution is -0.885. The number of aromatic amines is 1. The molecule has 6 nitrogen and oxygen atoms in total. The number of carbonyl (C=O) groups excluding carboxylic acids is 1. The first kappa shape index (κ1) is 18.4. The number of likely N-dealkylation sites (N-methyl/N-ethyl adjacent to an activating group) is 1. The number of anilines is 1. The normalized spacial score (nSPS) is 12.1. The summed E-state index contributed by atoms with van der Waals surface area (Å²) in [5.41, 5.74) is 0.874. The number of halogens is 2. The number of benzene rings is 2. The largest absolute Gasteiger partial charge is 0.323 e. The maximum absolute atomic E-state index is 12.2. The van der Waals surface area contributed by atoms with Gasteiger partial charge in [0.15, 0.2) is 12.4 Å². The first-order valence-corrected chi connectivity index (χ1v) is 8.72. The molecule has 3 aromatic rings. The Morgan fingerprint density at radius 2 is 2.00 bits per heavy atom. The number of rotatable bonds is 5. The van der Waals surface area contributed by atoms with Crippen molar-refractivity contribution in [3.05, 3.63) is 68.7 Å². The molecule has 3 rings (SSSR count). The highest BCUT2D eigenvalue weighted by Crippen LogP contribution is 2.20. The quantitative estimate of drug-likeness (QED) is 0.621. The average molecular weight is 392 g/mol. The summed E-state index contributed by atoms with van der Waals surface area (Å²) in [5, 5.41) is 4.25. The fraction of sp³-hybridized carbons (Fsp3) is 0.167. The van der Waals surface area contributed by atoms with Crippen molar-refractivity contribution in [3.63, 3.8) is 0 Å². The molecule has 0 saturated heterocycles. The summed E-state index contributed by atoms with van der Waals surface area (Å²) in [7, 11) is 1.84. The summed E-state index contributed by atoms with van der Waals surface area (Å²) in [4.78, 5) is 32.4. The number of nitrogens with one attached hydrogen (secondary N) is 3. The topological polar surface area (TPSA) is 79.3 Å². The molecule has 0 aliphatic rings. The van der Waals surface area contributed by atoms with Crippen molar-refractivity contribution >= 4 is 45.7 Å². The number of aromatic nitrogens is 2. The summed E-state index contributed by atoms with van der Waals surface area (Å²) >= 11 is 12.0. The van der Waals surface area contributed by atoms with Crippen LogP contribution in [0.5, 0.6) is 0 Å². The minimum atomic E-state index is -0.227. The van der Waals surface area contributed by atoms with E-state index < -0.39 is 0 Å². The van der Waals surface area contributed by atoms with Gasteiger partial charge in [0.2, 0.25) is 0 Å². The zero-order chi connectivity index (χ0) is 18.7. The van der Waals surface area contributed by atoms with Gasteiger partial charge in [0.05, 0.1) is 28.7 Å². The summed E-state index contributed by atoms with van der Waals surface area (Å²) in [6, 6.07) is 12.0. The van der Waals surface area contributed by atoms with Crippen molar-refractivity contribution in [1.29, 1.82) is 0 Å². The van der Waals surface area contributed by atoms with Crippen molar-refractivity contribution in [2.45, 2.75) is 6.54 Å². The van der Waals surface area contributed by atoms with Crippen LogP contribution in [0.2, 0.25) is 10.0 Å². The Hall–Kier alpha value is -2.41. The van der Waals surface area contributed by atoms with E-state index in [0.29, 0.717) is 39.0 Å². The summed E-state index contributed by atoms with van der Waals surface area (Å²) in [5.74, 6) is 0.314. The average Bonchev–Trinajstić information content (AvgIpc) is 2.56. The van der Waals surface area contributed by atoms with Crippen LogP contribution in [-0.4, -0.2) is 29.5 Å². The van der Waals surface area contributed by atoms with E-state index in [1.807, 2.05) is 7.05 Å². The zero-order valence-electron chi connectivity index (χ0n) is 14.0. The number of para-hydroxylation sites is 1. The Labute approximate surface area is 159 Å². The molecular weight excluding hydrogens is 375 g/mol. The van der Waals surface area contributed by atoms with Gasteiger partial charge in [-0.05, 0) is 30.3 Å². The lowest BCUT2D eigenvalue weighted by atomic mass is 10.2. The molecule has 1 atom stereocenters. The number of carbonyl (C=O) groups is 1. The molecule has 1 aromatic heterocycles. The molecule has 2 aromatic carbocycles. The van der Waals surface area contributed by atoms with E-state index >= 15 is 0 Å². The molecule has 0 saturated carbocycles. The maximum Gasteiger partial charge on any atom is 0.279 e. The lowest BCUT2D eigenvalue weighted by Crippen LogP contribution is -3.08. The van der Waals surface area contributed by atoms with Gasteiger partial charge in [-0.15, -0.1) is 0 Å². The van der Waals surface area contributed by atoms with Crippen LogP contribution >= 0.6 is 23.2 Å². The minimum absolute atomic E-state index is 0.179. The number of quaternary nitrogens is 1. The molecule has 0 aliphatic carbocycles. The van der Waals surface area contributed by atoms with Gasteiger partial charge < -0.3 is 15.2 Å². The SMILES string of the molecule is C[NH+](CC(=O)Nc1ccccc1Cl)Cc1nc2cc(Cl)ccc2c(=O)[nH]1. The molecule has 8 heteroatoms. The molecule has 26 heavy (non-hydrogen) atoms. The van der Waals surface area contributed by atoms with Crippen LogP contribution in [0.4, 0.5) is 5.69 Å². The second-order valence-corrected chi connectivity index (χ2v) is 6.86. The molecule has 3 N–H and O–H groups in total. The van der Waals surface area contributed by atoms with E-state index in [0.717, 1.165) is 4.90 Å². The van der Waals surface area contributed by atoms with Crippen molar-refractivity contribution in [2.24, 2.45) is 0 Å². The highest BCUT2D eigenvalue weighted by molar-refractivity contribution is 6.33. The van der Waals surface area contributed by atoms with Gasteiger partial charge in [-0.2, -0.15) is 0 Å². The van der Waals surface area contributed by atoms with Crippen LogP contribution in [0.25, 0.3) is 10.9 Å². The van der Waals surface area contributed by atoms with Gasteiger partial charge in [-0.1, -0.05) is 35.3 Å². The number of H-pyrrole nitrogens is 1. The monoisotopic (exact) mass is 391 g/mol. The molecule has 0 aliphatic heterocycles. The third-order valence-corrected chi connectivity index (χ3v) is 4.36. The van der Waals surface area contributed by atoms with Crippen LogP contribution in [0.3, 0.4) is 0 Å². The first-order chi connectivity index (χ1) is 12.4. The number of fused-ring (bicyclic) bond motifs is 1. The molecule has 1 heterocycles. The third-order valence-electron chi connectivity index (χ3n) is 3.80. The molecule has 134 valence electrons. The van der Waals surface area contributed by atoms with Crippen LogP contribution in [-0.2, 0) is 11.3 Å². The van der Waals surface area contributed by atoms with Gasteiger partial charge in [0.1, 0.15) is 6.54 Å². The van der Waals surface area contributed by atoms with Crippen molar-refractivity contribution in [1.82, 2.24) is 9.97 Å². The van der Waals surface area contributed by atoms with Crippen LogP contribution in [0.1, 0.15) is 5.82 Å². The Bertz CT molecular complexity index is 1020.